The molecule has 1 N–H and O–H groups in total. The van der Waals surface area contributed by atoms with Crippen molar-refractivity contribution in [3.05, 3.63) is 65.2 Å². The molecule has 1 atom stereocenters. The minimum atomic E-state index is -0.170. The van der Waals surface area contributed by atoms with Gasteiger partial charge in [0.1, 0.15) is 10.8 Å². The summed E-state index contributed by atoms with van der Waals surface area (Å²) in [5, 5.41) is 5.84. The van der Waals surface area contributed by atoms with E-state index in [9.17, 15) is 4.79 Å². The lowest BCUT2D eigenvalue weighted by atomic mass is 10.2. The average molecular weight is 399 g/mol. The van der Waals surface area contributed by atoms with Gasteiger partial charge in [-0.3, -0.25) is 4.79 Å². The molecule has 0 saturated carbocycles. The van der Waals surface area contributed by atoms with Crippen LogP contribution in [0.25, 0.3) is 10.6 Å². The lowest BCUT2D eigenvalue weighted by molar-refractivity contribution is -0.115. The van der Waals surface area contributed by atoms with E-state index >= 15 is 0 Å². The van der Waals surface area contributed by atoms with Gasteiger partial charge < -0.3 is 10.1 Å². The van der Waals surface area contributed by atoms with Gasteiger partial charge in [-0.05, 0) is 38.1 Å². The molecule has 2 aromatic carbocycles. The highest BCUT2D eigenvalue weighted by molar-refractivity contribution is 7.99. The number of aryl methyl sites for hydroxylation is 1. The SMILES string of the molecule is COc1ccc(NC(=O)[C@H](C)SCc2csc(-c3ccc(C)cc3)n2)cc1. The van der Waals surface area contributed by atoms with Gasteiger partial charge in [-0.25, -0.2) is 4.98 Å². The fourth-order valence-corrected chi connectivity index (χ4v) is 4.12. The molecule has 0 bridgehead atoms. The highest BCUT2D eigenvalue weighted by atomic mass is 32.2. The maximum absolute atomic E-state index is 12.4. The number of carbonyl (C=O) groups is 1. The number of anilines is 1. The molecule has 140 valence electrons. The zero-order chi connectivity index (χ0) is 19.2. The maximum atomic E-state index is 12.4. The summed E-state index contributed by atoms with van der Waals surface area (Å²) in [6, 6.07) is 15.7. The van der Waals surface area contributed by atoms with Crippen LogP contribution >= 0.6 is 23.1 Å². The van der Waals surface area contributed by atoms with Crippen LogP contribution in [0.1, 0.15) is 18.2 Å². The largest absolute Gasteiger partial charge is 0.497 e. The lowest BCUT2D eigenvalue weighted by Gasteiger charge is -2.11. The Morgan fingerprint density at radius 2 is 1.89 bits per heavy atom. The molecule has 1 heterocycles. The number of amides is 1. The minimum absolute atomic E-state index is 0.0147. The van der Waals surface area contributed by atoms with E-state index in [4.69, 9.17) is 9.72 Å². The Labute approximate surface area is 168 Å². The van der Waals surface area contributed by atoms with Crippen LogP contribution in [0.4, 0.5) is 5.69 Å². The Morgan fingerprint density at radius 3 is 2.56 bits per heavy atom. The zero-order valence-corrected chi connectivity index (χ0v) is 17.2. The Kier molecular flexibility index (Phi) is 6.53. The van der Waals surface area contributed by atoms with Gasteiger partial charge in [0.25, 0.3) is 0 Å². The molecule has 0 fully saturated rings. The van der Waals surface area contributed by atoms with Crippen LogP contribution in [0.5, 0.6) is 5.75 Å². The smallest absolute Gasteiger partial charge is 0.237 e. The van der Waals surface area contributed by atoms with E-state index in [0.29, 0.717) is 5.75 Å². The number of hydrogen-bond acceptors (Lipinski definition) is 5. The predicted octanol–water partition coefficient (Wildman–Crippen LogP) is 5.39. The Bertz CT molecular complexity index is 889. The van der Waals surface area contributed by atoms with Crippen molar-refractivity contribution in [2.24, 2.45) is 0 Å². The van der Waals surface area contributed by atoms with Crippen LogP contribution in [0.2, 0.25) is 0 Å². The monoisotopic (exact) mass is 398 g/mol. The second kappa shape index (κ2) is 9.06. The first-order valence-electron chi connectivity index (χ1n) is 8.63. The summed E-state index contributed by atoms with van der Waals surface area (Å²) >= 11 is 3.22. The van der Waals surface area contributed by atoms with Crippen molar-refractivity contribution in [2.45, 2.75) is 24.9 Å². The second-order valence-electron chi connectivity index (χ2n) is 6.18. The number of aromatic nitrogens is 1. The first kappa shape index (κ1) is 19.5. The van der Waals surface area contributed by atoms with Crippen LogP contribution in [0.3, 0.4) is 0 Å². The topological polar surface area (TPSA) is 51.2 Å². The quantitative estimate of drug-likeness (QED) is 0.580. The molecule has 3 rings (SSSR count). The summed E-state index contributed by atoms with van der Waals surface area (Å²) in [5.74, 6) is 1.46. The first-order valence-corrected chi connectivity index (χ1v) is 10.6. The van der Waals surface area contributed by atoms with Gasteiger partial charge in [-0.2, -0.15) is 0 Å². The van der Waals surface area contributed by atoms with E-state index < -0.39 is 0 Å². The van der Waals surface area contributed by atoms with Crippen molar-refractivity contribution >= 4 is 34.7 Å². The van der Waals surface area contributed by atoms with Crippen LogP contribution in [-0.2, 0) is 10.5 Å². The van der Waals surface area contributed by atoms with Crippen molar-refractivity contribution in [2.75, 3.05) is 12.4 Å². The van der Waals surface area contributed by atoms with Gasteiger partial charge >= 0.3 is 0 Å². The molecule has 0 saturated heterocycles. The van der Waals surface area contributed by atoms with E-state index in [1.54, 1.807) is 30.2 Å². The number of rotatable bonds is 7. The van der Waals surface area contributed by atoms with Gasteiger partial charge in [-0.1, -0.05) is 29.8 Å². The molecule has 3 aromatic rings. The molecule has 6 heteroatoms. The zero-order valence-electron chi connectivity index (χ0n) is 15.6. The number of methoxy groups -OCH3 is 1. The molecule has 0 radical (unpaired) electrons. The average Bonchev–Trinajstić information content (AvgIpc) is 3.16. The molecule has 0 aliphatic heterocycles. The summed E-state index contributed by atoms with van der Waals surface area (Å²) in [7, 11) is 1.62. The number of nitrogens with zero attached hydrogens (tertiary/aromatic N) is 1. The van der Waals surface area contributed by atoms with E-state index in [-0.39, 0.29) is 11.2 Å². The number of benzene rings is 2. The third-order valence-electron chi connectivity index (χ3n) is 4.06. The summed E-state index contributed by atoms with van der Waals surface area (Å²) in [5.41, 5.74) is 4.14. The highest BCUT2D eigenvalue weighted by Crippen LogP contribution is 2.27. The molecule has 4 nitrogen and oxygen atoms in total. The number of hydrogen-bond donors (Lipinski definition) is 1. The Balaban J connectivity index is 1.53. The van der Waals surface area contributed by atoms with Crippen LogP contribution in [0, 0.1) is 6.92 Å². The fourth-order valence-electron chi connectivity index (χ4n) is 2.41. The molecule has 1 amide bonds. The first-order chi connectivity index (χ1) is 13.0. The van der Waals surface area contributed by atoms with Crippen molar-refractivity contribution in [1.29, 1.82) is 0 Å². The normalized spacial score (nSPS) is 11.8. The Hall–Kier alpha value is -2.31. The maximum Gasteiger partial charge on any atom is 0.237 e. The van der Waals surface area contributed by atoms with Crippen LogP contribution in [0.15, 0.2) is 53.9 Å². The van der Waals surface area contributed by atoms with Crippen molar-refractivity contribution < 1.29 is 9.53 Å². The van der Waals surface area contributed by atoms with E-state index in [2.05, 4.69) is 41.9 Å². The summed E-state index contributed by atoms with van der Waals surface area (Å²) in [6.45, 7) is 3.99. The second-order valence-corrected chi connectivity index (χ2v) is 8.37. The van der Waals surface area contributed by atoms with Gasteiger partial charge in [-0.15, -0.1) is 23.1 Å². The van der Waals surface area contributed by atoms with Gasteiger partial charge in [0, 0.05) is 22.4 Å². The van der Waals surface area contributed by atoms with Gasteiger partial charge in [0.05, 0.1) is 18.1 Å². The van der Waals surface area contributed by atoms with E-state index in [0.717, 1.165) is 27.7 Å². The number of carbonyl (C=O) groups excluding carboxylic acids is 1. The number of thiazole rings is 1. The van der Waals surface area contributed by atoms with Crippen molar-refractivity contribution in [1.82, 2.24) is 4.98 Å². The fraction of sp³-hybridized carbons (Fsp3) is 0.238. The van der Waals surface area contributed by atoms with Crippen molar-refractivity contribution in [3.8, 4) is 16.3 Å². The molecule has 0 spiro atoms. The highest BCUT2D eigenvalue weighted by Gasteiger charge is 2.15. The molecular weight excluding hydrogens is 376 g/mol. The van der Waals surface area contributed by atoms with Crippen LogP contribution < -0.4 is 10.1 Å². The number of ether oxygens (including phenoxy) is 1. The molecule has 0 unspecified atom stereocenters. The Morgan fingerprint density at radius 1 is 1.19 bits per heavy atom. The third-order valence-corrected chi connectivity index (χ3v) is 6.17. The minimum Gasteiger partial charge on any atom is -0.497 e. The standard InChI is InChI=1S/C21H22N2O2S2/c1-14-4-6-16(7-5-14)21-23-18(13-27-21)12-26-15(2)20(24)22-17-8-10-19(25-3)11-9-17/h4-11,13,15H,12H2,1-3H3,(H,22,24)/t15-/m0/s1. The van der Waals surface area contributed by atoms with Crippen LogP contribution in [-0.4, -0.2) is 23.3 Å². The van der Waals surface area contributed by atoms with Gasteiger partial charge in [0.15, 0.2) is 0 Å². The number of thioether (sulfide) groups is 1. The molecular formula is C21H22N2O2S2. The predicted molar refractivity (Wildman–Crippen MR) is 115 cm³/mol. The van der Waals surface area contributed by atoms with Gasteiger partial charge in [0.2, 0.25) is 5.91 Å². The molecule has 1 aromatic heterocycles. The number of nitrogens with one attached hydrogen (secondary N) is 1. The molecule has 27 heavy (non-hydrogen) atoms. The summed E-state index contributed by atoms with van der Waals surface area (Å²) in [6.07, 6.45) is 0. The summed E-state index contributed by atoms with van der Waals surface area (Å²) < 4.78 is 5.13. The van der Waals surface area contributed by atoms with E-state index in [1.807, 2.05) is 31.2 Å². The third kappa shape index (κ3) is 5.34. The summed E-state index contributed by atoms with van der Waals surface area (Å²) in [4.78, 5) is 17.1. The molecule has 0 aliphatic rings. The molecule has 0 aliphatic carbocycles. The van der Waals surface area contributed by atoms with Crippen molar-refractivity contribution in [3.63, 3.8) is 0 Å². The van der Waals surface area contributed by atoms with E-state index in [1.165, 1.54) is 5.56 Å². The lowest BCUT2D eigenvalue weighted by Crippen LogP contribution is -2.22.